The summed E-state index contributed by atoms with van der Waals surface area (Å²) in [6.07, 6.45) is 3.87. The van der Waals surface area contributed by atoms with E-state index in [-0.39, 0.29) is 22.6 Å². The molecule has 0 saturated carbocycles. The van der Waals surface area contributed by atoms with Gasteiger partial charge >= 0.3 is 0 Å². The molecule has 24 heavy (non-hydrogen) atoms. The van der Waals surface area contributed by atoms with Gasteiger partial charge < -0.3 is 9.84 Å². The monoisotopic (exact) mass is 393 g/mol. The molecule has 124 valence electrons. The van der Waals surface area contributed by atoms with Gasteiger partial charge in [0.2, 0.25) is 0 Å². The minimum Gasteiger partial charge on any atom is -0.870 e. The zero-order valence-corrected chi connectivity index (χ0v) is 13.8. The number of nitrogens with zero attached hydrogens (tertiary/aromatic N) is 3. The highest BCUT2D eigenvalue weighted by Crippen LogP contribution is 2.31. The second kappa shape index (κ2) is 7.51. The first-order valence-electron chi connectivity index (χ1n) is 6.39. The molecule has 1 aromatic carbocycles. The smallest absolute Gasteiger partial charge is 0.273 e. The highest BCUT2D eigenvalue weighted by atomic mass is 79.9. The van der Waals surface area contributed by atoms with Gasteiger partial charge in [-0.2, -0.15) is 5.10 Å². The minimum absolute atomic E-state index is 0.0892. The van der Waals surface area contributed by atoms with Crippen LogP contribution in [0.3, 0.4) is 0 Å². The average Bonchev–Trinajstić information content (AvgIpc) is 2.56. The van der Waals surface area contributed by atoms with Crippen molar-refractivity contribution in [3.8, 4) is 11.5 Å². The zero-order valence-electron chi connectivity index (χ0n) is 12.2. The van der Waals surface area contributed by atoms with Gasteiger partial charge in [0, 0.05) is 22.9 Å². The van der Waals surface area contributed by atoms with Crippen LogP contribution in [0, 0.1) is 10.1 Å². The van der Waals surface area contributed by atoms with Gasteiger partial charge in [-0.3, -0.25) is 19.9 Å². The van der Waals surface area contributed by atoms with E-state index in [2.05, 4.69) is 31.4 Å². The van der Waals surface area contributed by atoms with Gasteiger partial charge in [0.1, 0.15) is 5.75 Å². The summed E-state index contributed by atoms with van der Waals surface area (Å²) in [7, 11) is 1.23. The molecule has 1 aromatic heterocycles. The summed E-state index contributed by atoms with van der Waals surface area (Å²) < 4.78 is 5.42. The van der Waals surface area contributed by atoms with Gasteiger partial charge in [0.15, 0.2) is 0 Å². The second-order valence-electron chi connectivity index (χ2n) is 4.41. The van der Waals surface area contributed by atoms with E-state index >= 15 is 0 Å². The van der Waals surface area contributed by atoms with Gasteiger partial charge in [-0.05, 0) is 27.6 Å². The Kier molecular flexibility index (Phi) is 5.42. The Hall–Kier alpha value is -3.01. The zero-order chi connectivity index (χ0) is 17.7. The molecule has 0 aliphatic rings. The molecule has 0 atom stereocenters. The summed E-state index contributed by atoms with van der Waals surface area (Å²) in [5.41, 5.74) is 2.05. The van der Waals surface area contributed by atoms with Crippen LogP contribution in [0.5, 0.6) is 11.5 Å². The predicted octanol–water partition coefficient (Wildman–Crippen LogP) is 1.60. The third-order valence-electron chi connectivity index (χ3n) is 2.84. The number of nitrogens with one attached hydrogen (secondary N) is 1. The topological polar surface area (TPSA) is 130 Å². The number of hydrogen-bond acceptors (Lipinski definition) is 7. The van der Waals surface area contributed by atoms with Crippen molar-refractivity contribution in [2.45, 2.75) is 0 Å². The van der Waals surface area contributed by atoms with Gasteiger partial charge in [0.05, 0.1) is 29.9 Å². The van der Waals surface area contributed by atoms with Crippen LogP contribution in [0.4, 0.5) is 5.69 Å². The molecule has 1 heterocycles. The molecule has 1 N–H and O–H groups in total. The predicted molar refractivity (Wildman–Crippen MR) is 86.1 cm³/mol. The number of rotatable bonds is 5. The number of nitro groups is 1. The number of benzene rings is 1. The van der Waals surface area contributed by atoms with E-state index in [4.69, 9.17) is 4.74 Å². The largest absolute Gasteiger partial charge is 0.870 e. The van der Waals surface area contributed by atoms with Crippen LogP contribution in [-0.4, -0.2) is 29.1 Å². The number of carbonyl (C=O) groups is 1. The van der Waals surface area contributed by atoms with Crippen LogP contribution in [0.1, 0.15) is 15.9 Å². The van der Waals surface area contributed by atoms with Crippen molar-refractivity contribution in [3.05, 3.63) is 56.3 Å². The molecule has 0 spiro atoms. The maximum absolute atomic E-state index is 12.0. The van der Waals surface area contributed by atoms with Gasteiger partial charge in [-0.25, -0.2) is 5.43 Å². The van der Waals surface area contributed by atoms with Gasteiger partial charge in [0.25, 0.3) is 11.6 Å². The Morgan fingerprint density at radius 3 is 2.79 bits per heavy atom. The third-order valence-corrected chi connectivity index (χ3v) is 3.27. The fraction of sp³-hybridized carbons (Fsp3) is 0.0714. The van der Waals surface area contributed by atoms with E-state index in [9.17, 15) is 20.0 Å². The molecule has 0 saturated heterocycles. The van der Waals surface area contributed by atoms with Crippen molar-refractivity contribution in [2.75, 3.05) is 7.11 Å². The van der Waals surface area contributed by atoms with Crippen LogP contribution in [0.15, 0.2) is 40.2 Å². The Morgan fingerprint density at radius 2 is 2.17 bits per heavy atom. The Morgan fingerprint density at radius 1 is 1.42 bits per heavy atom. The fourth-order valence-electron chi connectivity index (χ4n) is 1.72. The maximum atomic E-state index is 12.0. The Labute approximate surface area is 144 Å². The Bertz CT molecular complexity index is 825. The van der Waals surface area contributed by atoms with Crippen molar-refractivity contribution in [2.24, 2.45) is 5.10 Å². The standard InChI is InChI=1S/C14H11BrN4O5/c1-24-12-4-11(19(22)23)3-8(13(12)20)6-17-18-14(21)9-2-10(15)7-16-5-9/h2-7,20H,1H3,(H,18,21)/p-1/b17-6-. The third kappa shape index (κ3) is 4.04. The number of amides is 1. The van der Waals surface area contributed by atoms with E-state index in [0.717, 1.165) is 18.3 Å². The Balaban J connectivity index is 2.21. The van der Waals surface area contributed by atoms with E-state index in [1.807, 2.05) is 0 Å². The number of non-ortho nitro benzene ring substituents is 1. The molecule has 2 rings (SSSR count). The van der Waals surface area contributed by atoms with Gasteiger partial charge in [-0.1, -0.05) is 5.75 Å². The van der Waals surface area contributed by atoms with E-state index in [1.54, 1.807) is 0 Å². The lowest BCUT2D eigenvalue weighted by molar-refractivity contribution is -0.385. The van der Waals surface area contributed by atoms with E-state index in [0.29, 0.717) is 4.47 Å². The van der Waals surface area contributed by atoms with Crippen LogP contribution < -0.4 is 15.3 Å². The lowest BCUT2D eigenvalue weighted by Crippen LogP contribution is -2.18. The number of halogens is 1. The first-order valence-corrected chi connectivity index (χ1v) is 7.19. The average molecular weight is 394 g/mol. The number of pyridine rings is 1. The summed E-state index contributed by atoms with van der Waals surface area (Å²) in [5.74, 6) is -1.32. The highest BCUT2D eigenvalue weighted by molar-refractivity contribution is 9.10. The van der Waals surface area contributed by atoms with Crippen molar-refractivity contribution in [3.63, 3.8) is 0 Å². The van der Waals surface area contributed by atoms with Crippen LogP contribution in [0.25, 0.3) is 0 Å². The lowest BCUT2D eigenvalue weighted by atomic mass is 10.2. The van der Waals surface area contributed by atoms with Crippen molar-refractivity contribution in [1.82, 2.24) is 10.4 Å². The summed E-state index contributed by atoms with van der Waals surface area (Å²) >= 11 is 3.18. The first kappa shape index (κ1) is 17.3. The number of methoxy groups -OCH3 is 1. The van der Waals surface area contributed by atoms with Crippen LogP contribution in [-0.2, 0) is 0 Å². The molecule has 9 nitrogen and oxygen atoms in total. The minimum atomic E-state index is -0.662. The van der Waals surface area contributed by atoms with Crippen LogP contribution in [0.2, 0.25) is 0 Å². The normalized spacial score (nSPS) is 10.6. The molecule has 1 amide bonds. The van der Waals surface area contributed by atoms with E-state index in [1.165, 1.54) is 25.6 Å². The molecular weight excluding hydrogens is 384 g/mol. The SMILES string of the molecule is COc1cc([N+](=O)[O-])cc(/C=N\NC(=O)c2cncc(Br)c2)c1[O-]. The summed E-state index contributed by atoms with van der Waals surface area (Å²) in [6.45, 7) is 0. The molecule has 0 unspecified atom stereocenters. The summed E-state index contributed by atoms with van der Waals surface area (Å²) in [4.78, 5) is 25.9. The molecule has 0 bridgehead atoms. The van der Waals surface area contributed by atoms with Crippen molar-refractivity contribution in [1.29, 1.82) is 0 Å². The van der Waals surface area contributed by atoms with Crippen molar-refractivity contribution < 1.29 is 19.6 Å². The molecule has 0 aliphatic heterocycles. The molecule has 0 radical (unpaired) electrons. The molecule has 10 heteroatoms. The fourth-order valence-corrected chi connectivity index (χ4v) is 2.09. The van der Waals surface area contributed by atoms with E-state index < -0.39 is 16.6 Å². The number of nitro benzene ring substituents is 1. The first-order chi connectivity index (χ1) is 11.4. The summed E-state index contributed by atoms with van der Waals surface area (Å²) in [6, 6.07) is 3.60. The number of aromatic nitrogens is 1. The molecular formula is C14H10BrN4O5-. The summed E-state index contributed by atoms with van der Waals surface area (Å²) in [5, 5.41) is 26.5. The quantitative estimate of drug-likeness (QED) is 0.466. The number of carbonyl (C=O) groups excluding carboxylic acids is 1. The molecule has 0 fully saturated rings. The lowest BCUT2D eigenvalue weighted by Gasteiger charge is -2.14. The second-order valence-corrected chi connectivity index (χ2v) is 5.33. The number of ether oxygens (including phenoxy) is 1. The van der Waals surface area contributed by atoms with Crippen LogP contribution >= 0.6 is 15.9 Å². The van der Waals surface area contributed by atoms with Gasteiger partial charge in [-0.15, -0.1) is 0 Å². The highest BCUT2D eigenvalue weighted by Gasteiger charge is 2.11. The number of hydrazone groups is 1. The van der Waals surface area contributed by atoms with Crippen molar-refractivity contribution >= 4 is 33.7 Å². The molecule has 0 aliphatic carbocycles. The molecule has 2 aromatic rings. The number of hydrogen-bond donors (Lipinski definition) is 1. The maximum Gasteiger partial charge on any atom is 0.273 e.